The van der Waals surface area contributed by atoms with Crippen molar-refractivity contribution >= 4 is 34.8 Å². The van der Waals surface area contributed by atoms with Gasteiger partial charge in [-0.15, -0.1) is 0 Å². The van der Waals surface area contributed by atoms with Gasteiger partial charge in [-0.1, -0.05) is 18.2 Å². The van der Waals surface area contributed by atoms with Crippen LogP contribution in [0.5, 0.6) is 0 Å². The number of imidazole rings is 1. The van der Waals surface area contributed by atoms with Crippen molar-refractivity contribution in [2.24, 2.45) is 5.73 Å². The van der Waals surface area contributed by atoms with Gasteiger partial charge in [0.15, 0.2) is 5.82 Å². The number of rotatable bonds is 5. The monoisotopic (exact) mass is 336 g/mol. The molecule has 0 atom stereocenters. The molecule has 0 unspecified atom stereocenters. The third kappa shape index (κ3) is 2.99. The van der Waals surface area contributed by atoms with Gasteiger partial charge in [-0.2, -0.15) is 0 Å². The van der Waals surface area contributed by atoms with Crippen LogP contribution in [0.3, 0.4) is 0 Å². The number of anilines is 1. The number of hydrogen-bond donors (Lipinski definition) is 1. The lowest BCUT2D eigenvalue weighted by Gasteiger charge is -2.17. The van der Waals surface area contributed by atoms with Crippen molar-refractivity contribution in [1.29, 1.82) is 0 Å². The zero-order valence-corrected chi connectivity index (χ0v) is 13.5. The Morgan fingerprint density at radius 2 is 1.92 bits per heavy atom. The minimum absolute atomic E-state index is 0.0105. The summed E-state index contributed by atoms with van der Waals surface area (Å²) in [5.41, 5.74) is 7.60. The van der Waals surface area contributed by atoms with Gasteiger partial charge in [0.25, 0.3) is 11.8 Å². The Morgan fingerprint density at radius 1 is 1.20 bits per heavy atom. The van der Waals surface area contributed by atoms with E-state index in [1.54, 1.807) is 49.5 Å². The van der Waals surface area contributed by atoms with E-state index in [2.05, 4.69) is 4.98 Å². The summed E-state index contributed by atoms with van der Waals surface area (Å²) in [5.74, 6) is -0.869. The Morgan fingerprint density at radius 3 is 2.56 bits per heavy atom. The Balaban J connectivity index is 2.02. The number of aldehydes is 1. The average Bonchev–Trinajstić information content (AvgIpc) is 2.99. The highest BCUT2D eigenvalue weighted by atomic mass is 16.2. The fourth-order valence-corrected chi connectivity index (χ4v) is 2.67. The first-order valence-electron chi connectivity index (χ1n) is 7.59. The van der Waals surface area contributed by atoms with Gasteiger partial charge in [0, 0.05) is 18.3 Å². The fraction of sp³-hybridized carbons (Fsp3) is 0.111. The molecule has 2 amide bonds. The van der Waals surface area contributed by atoms with Crippen molar-refractivity contribution in [2.45, 2.75) is 6.54 Å². The van der Waals surface area contributed by atoms with E-state index < -0.39 is 5.91 Å². The first-order chi connectivity index (χ1) is 12.0. The molecule has 3 rings (SSSR count). The number of carbonyl (C=O) groups excluding carboxylic acids is 3. The maximum atomic E-state index is 12.5. The van der Waals surface area contributed by atoms with Crippen LogP contribution in [0.15, 0.2) is 48.5 Å². The van der Waals surface area contributed by atoms with Crippen molar-refractivity contribution in [1.82, 2.24) is 9.55 Å². The number of primary amides is 1. The number of benzene rings is 2. The molecule has 0 radical (unpaired) electrons. The van der Waals surface area contributed by atoms with E-state index in [9.17, 15) is 14.4 Å². The van der Waals surface area contributed by atoms with Crippen molar-refractivity contribution in [3.8, 4) is 0 Å². The number of nitrogens with zero attached hydrogens (tertiary/aromatic N) is 3. The fourth-order valence-electron chi connectivity index (χ4n) is 2.67. The molecule has 25 heavy (non-hydrogen) atoms. The molecule has 1 aromatic heterocycles. The summed E-state index contributed by atoms with van der Waals surface area (Å²) in [7, 11) is 1.66. The predicted octanol–water partition coefficient (Wildman–Crippen LogP) is 1.61. The number of carbonyl (C=O) groups is 3. The van der Waals surface area contributed by atoms with Gasteiger partial charge in [-0.25, -0.2) is 4.98 Å². The Hall–Kier alpha value is -3.48. The number of fused-ring (bicyclic) bond motifs is 1. The quantitative estimate of drug-likeness (QED) is 0.716. The van der Waals surface area contributed by atoms with E-state index in [-0.39, 0.29) is 18.3 Å². The van der Waals surface area contributed by atoms with Gasteiger partial charge in [0.1, 0.15) is 6.29 Å². The first kappa shape index (κ1) is 16.4. The largest absolute Gasteiger partial charge is 0.363 e. The molecular formula is C18H16N4O3. The van der Waals surface area contributed by atoms with Crippen molar-refractivity contribution in [3.05, 3.63) is 59.9 Å². The summed E-state index contributed by atoms with van der Waals surface area (Å²) in [6.07, 6.45) is 0.673. The average molecular weight is 336 g/mol. The molecule has 126 valence electrons. The summed E-state index contributed by atoms with van der Waals surface area (Å²) in [6.45, 7) is -0.0209. The van der Waals surface area contributed by atoms with Crippen molar-refractivity contribution < 1.29 is 14.4 Å². The first-order valence-corrected chi connectivity index (χ1v) is 7.59. The molecule has 0 aliphatic rings. The molecule has 0 saturated heterocycles. The molecule has 2 aromatic carbocycles. The minimum atomic E-state index is -0.715. The standard InChI is InChI=1S/C18H16N4O3/c1-21(18(25)12-5-3-2-4-6-12)13-7-8-15-14(11-13)20-17(16(19)24)22(15)9-10-23/h2-8,10-11H,9H2,1H3,(H2,19,24). The SMILES string of the molecule is CN(C(=O)c1ccccc1)c1ccc2c(c1)nc(C(N)=O)n2CC=O. The maximum Gasteiger partial charge on any atom is 0.284 e. The van der Waals surface area contributed by atoms with Crippen LogP contribution < -0.4 is 10.6 Å². The van der Waals surface area contributed by atoms with Crippen molar-refractivity contribution in [3.63, 3.8) is 0 Å². The highest BCUT2D eigenvalue weighted by Crippen LogP contribution is 2.23. The lowest BCUT2D eigenvalue weighted by molar-refractivity contribution is -0.108. The summed E-state index contributed by atoms with van der Waals surface area (Å²) in [5, 5.41) is 0. The van der Waals surface area contributed by atoms with Crippen LogP contribution in [0.25, 0.3) is 11.0 Å². The molecule has 0 aliphatic heterocycles. The Bertz CT molecular complexity index is 963. The highest BCUT2D eigenvalue weighted by molar-refractivity contribution is 6.06. The number of aromatic nitrogens is 2. The van der Waals surface area contributed by atoms with E-state index in [1.807, 2.05) is 6.07 Å². The second kappa shape index (κ2) is 6.56. The summed E-state index contributed by atoms with van der Waals surface area (Å²) < 4.78 is 1.45. The van der Waals surface area contributed by atoms with Crippen molar-refractivity contribution in [2.75, 3.05) is 11.9 Å². The van der Waals surface area contributed by atoms with Crippen LogP contribution in [0.4, 0.5) is 5.69 Å². The Kier molecular flexibility index (Phi) is 4.30. The highest BCUT2D eigenvalue weighted by Gasteiger charge is 2.18. The van der Waals surface area contributed by atoms with Crippen LogP contribution >= 0.6 is 0 Å². The molecule has 0 spiro atoms. The normalized spacial score (nSPS) is 10.6. The van der Waals surface area contributed by atoms with E-state index in [1.165, 1.54) is 9.47 Å². The van der Waals surface area contributed by atoms with Gasteiger partial charge in [-0.3, -0.25) is 9.59 Å². The van der Waals surface area contributed by atoms with Gasteiger partial charge in [0.05, 0.1) is 17.6 Å². The van der Waals surface area contributed by atoms with Crippen LogP contribution in [-0.2, 0) is 11.3 Å². The van der Waals surface area contributed by atoms with Crippen LogP contribution in [0.2, 0.25) is 0 Å². The topological polar surface area (TPSA) is 98.3 Å². The van der Waals surface area contributed by atoms with Crippen LogP contribution in [0.1, 0.15) is 21.0 Å². The number of amides is 2. The third-order valence-electron chi connectivity index (χ3n) is 3.92. The molecule has 3 aromatic rings. The Labute approximate surface area is 143 Å². The molecular weight excluding hydrogens is 320 g/mol. The zero-order valence-electron chi connectivity index (χ0n) is 13.5. The predicted molar refractivity (Wildman–Crippen MR) is 93.5 cm³/mol. The second-order valence-corrected chi connectivity index (χ2v) is 5.48. The molecule has 0 fully saturated rings. The lowest BCUT2D eigenvalue weighted by Crippen LogP contribution is -2.26. The van der Waals surface area contributed by atoms with E-state index in [4.69, 9.17) is 5.73 Å². The molecule has 7 heteroatoms. The molecule has 7 nitrogen and oxygen atoms in total. The molecule has 1 heterocycles. The van der Waals surface area contributed by atoms with E-state index in [0.29, 0.717) is 28.6 Å². The smallest absolute Gasteiger partial charge is 0.284 e. The maximum absolute atomic E-state index is 12.5. The van der Waals surface area contributed by atoms with Gasteiger partial charge in [-0.05, 0) is 30.3 Å². The number of nitrogens with two attached hydrogens (primary N) is 1. The molecule has 0 bridgehead atoms. The van der Waals surface area contributed by atoms with Gasteiger partial charge < -0.3 is 20.0 Å². The van der Waals surface area contributed by atoms with E-state index >= 15 is 0 Å². The minimum Gasteiger partial charge on any atom is -0.363 e. The van der Waals surface area contributed by atoms with Crippen LogP contribution in [0, 0.1) is 0 Å². The summed E-state index contributed by atoms with van der Waals surface area (Å²) in [6, 6.07) is 14.0. The molecule has 0 saturated carbocycles. The lowest BCUT2D eigenvalue weighted by atomic mass is 10.2. The summed E-state index contributed by atoms with van der Waals surface area (Å²) in [4.78, 5) is 40.6. The molecule has 0 aliphatic carbocycles. The zero-order chi connectivity index (χ0) is 18.0. The van der Waals surface area contributed by atoms with E-state index in [0.717, 1.165) is 0 Å². The summed E-state index contributed by atoms with van der Waals surface area (Å²) >= 11 is 0. The second-order valence-electron chi connectivity index (χ2n) is 5.48. The molecule has 2 N–H and O–H groups in total. The third-order valence-corrected chi connectivity index (χ3v) is 3.92. The number of hydrogen-bond acceptors (Lipinski definition) is 4. The van der Waals surface area contributed by atoms with Gasteiger partial charge in [0.2, 0.25) is 0 Å². The van der Waals surface area contributed by atoms with Gasteiger partial charge >= 0.3 is 0 Å². The van der Waals surface area contributed by atoms with Crippen LogP contribution in [-0.4, -0.2) is 34.7 Å².